The number of ether oxygens (including phenoxy) is 3. The Morgan fingerprint density at radius 1 is 1.11 bits per heavy atom. The van der Waals surface area contributed by atoms with Crippen molar-refractivity contribution in [2.24, 2.45) is 5.92 Å². The van der Waals surface area contributed by atoms with Crippen molar-refractivity contribution in [3.05, 3.63) is 23.8 Å². The molecule has 2 atom stereocenters. The quantitative estimate of drug-likeness (QED) is 0.664. The minimum Gasteiger partial charge on any atom is -0.490 e. The third-order valence-corrected chi connectivity index (χ3v) is 4.73. The molecule has 6 nitrogen and oxygen atoms in total. The fourth-order valence-corrected chi connectivity index (χ4v) is 3.23. The van der Waals surface area contributed by atoms with Gasteiger partial charge >= 0.3 is 5.97 Å². The van der Waals surface area contributed by atoms with Gasteiger partial charge in [0.2, 0.25) is 0 Å². The van der Waals surface area contributed by atoms with E-state index in [0.29, 0.717) is 36.2 Å². The first-order chi connectivity index (χ1) is 13.0. The summed E-state index contributed by atoms with van der Waals surface area (Å²) < 4.78 is 16.3. The number of carbonyl (C=O) groups excluding carboxylic acids is 2. The Bertz CT molecular complexity index is 631. The van der Waals surface area contributed by atoms with E-state index in [9.17, 15) is 9.59 Å². The molecule has 1 N–H and O–H groups in total. The number of hydrogen-bond acceptors (Lipinski definition) is 5. The second kappa shape index (κ2) is 10.8. The number of hydrogen-bond donors (Lipinski definition) is 1. The molecular weight excluding hydrogens is 346 g/mol. The third-order valence-electron chi connectivity index (χ3n) is 4.73. The molecule has 6 heteroatoms. The highest BCUT2D eigenvalue weighted by Crippen LogP contribution is 2.29. The highest BCUT2D eigenvalue weighted by Gasteiger charge is 2.23. The maximum Gasteiger partial charge on any atom is 0.338 e. The molecule has 150 valence electrons. The van der Waals surface area contributed by atoms with Gasteiger partial charge in [0.1, 0.15) is 0 Å². The Hall–Kier alpha value is -2.24. The van der Waals surface area contributed by atoms with E-state index in [-0.39, 0.29) is 18.6 Å². The summed E-state index contributed by atoms with van der Waals surface area (Å²) in [6, 6.07) is 5.08. The smallest absolute Gasteiger partial charge is 0.338 e. The summed E-state index contributed by atoms with van der Waals surface area (Å²) in [7, 11) is 0. The standard InChI is InChI=1S/C21H31NO5/c1-4-12-26-18-11-10-16(13-19(18)25-5-2)21(24)27-14-20(23)22-17-9-7-6-8-15(17)3/h10-11,13,15,17H,4-9,12,14H2,1-3H3,(H,22,23)/t15-,17+/m1/s1. The topological polar surface area (TPSA) is 73.9 Å². The molecular formula is C21H31NO5. The zero-order chi connectivity index (χ0) is 19.6. The molecule has 0 aliphatic heterocycles. The van der Waals surface area contributed by atoms with Gasteiger partial charge in [0.05, 0.1) is 18.8 Å². The summed E-state index contributed by atoms with van der Waals surface area (Å²) in [5, 5.41) is 2.98. The number of nitrogens with one attached hydrogen (secondary N) is 1. The Balaban J connectivity index is 1.90. The van der Waals surface area contributed by atoms with Gasteiger partial charge in [-0.25, -0.2) is 4.79 Å². The van der Waals surface area contributed by atoms with Gasteiger partial charge in [-0.1, -0.05) is 26.7 Å². The van der Waals surface area contributed by atoms with Crippen LogP contribution in [0.15, 0.2) is 18.2 Å². The number of benzene rings is 1. The van der Waals surface area contributed by atoms with Crippen LogP contribution in [0.5, 0.6) is 11.5 Å². The van der Waals surface area contributed by atoms with E-state index in [4.69, 9.17) is 14.2 Å². The summed E-state index contributed by atoms with van der Waals surface area (Å²) in [5.41, 5.74) is 0.334. The van der Waals surface area contributed by atoms with Crippen LogP contribution in [-0.4, -0.2) is 37.7 Å². The average molecular weight is 377 g/mol. The van der Waals surface area contributed by atoms with Crippen LogP contribution in [0.1, 0.15) is 63.2 Å². The van der Waals surface area contributed by atoms with E-state index in [2.05, 4.69) is 12.2 Å². The van der Waals surface area contributed by atoms with Crippen molar-refractivity contribution in [2.45, 2.75) is 58.9 Å². The summed E-state index contributed by atoms with van der Waals surface area (Å²) in [6.07, 6.45) is 5.32. The molecule has 1 saturated carbocycles. The Labute approximate surface area is 161 Å². The Kier molecular flexibility index (Phi) is 8.43. The summed E-state index contributed by atoms with van der Waals surface area (Å²) >= 11 is 0. The predicted molar refractivity (Wildman–Crippen MR) is 103 cm³/mol. The van der Waals surface area contributed by atoms with Gasteiger partial charge in [-0.15, -0.1) is 0 Å². The zero-order valence-corrected chi connectivity index (χ0v) is 16.6. The highest BCUT2D eigenvalue weighted by atomic mass is 16.5. The molecule has 2 rings (SSSR count). The number of rotatable bonds is 9. The molecule has 0 bridgehead atoms. The Morgan fingerprint density at radius 2 is 1.89 bits per heavy atom. The van der Waals surface area contributed by atoms with E-state index in [0.717, 1.165) is 25.7 Å². The molecule has 0 unspecified atom stereocenters. The zero-order valence-electron chi connectivity index (χ0n) is 16.6. The van der Waals surface area contributed by atoms with Crippen LogP contribution in [0.2, 0.25) is 0 Å². The fraction of sp³-hybridized carbons (Fsp3) is 0.619. The maximum absolute atomic E-state index is 12.3. The van der Waals surface area contributed by atoms with E-state index in [1.165, 1.54) is 6.42 Å². The lowest BCUT2D eigenvalue weighted by Gasteiger charge is -2.29. The Morgan fingerprint density at radius 3 is 2.59 bits per heavy atom. The normalized spacial score (nSPS) is 19.2. The summed E-state index contributed by atoms with van der Waals surface area (Å²) in [4.78, 5) is 24.4. The second-order valence-electron chi connectivity index (χ2n) is 6.95. The molecule has 0 aromatic heterocycles. The van der Waals surface area contributed by atoms with Crippen molar-refractivity contribution >= 4 is 11.9 Å². The van der Waals surface area contributed by atoms with Crippen molar-refractivity contribution in [1.82, 2.24) is 5.32 Å². The highest BCUT2D eigenvalue weighted by molar-refractivity contribution is 5.92. The van der Waals surface area contributed by atoms with Crippen LogP contribution >= 0.6 is 0 Å². The lowest BCUT2D eigenvalue weighted by molar-refractivity contribution is -0.125. The molecule has 0 radical (unpaired) electrons. The van der Waals surface area contributed by atoms with Crippen LogP contribution in [-0.2, 0) is 9.53 Å². The molecule has 1 aromatic rings. The van der Waals surface area contributed by atoms with Gasteiger partial charge in [0.25, 0.3) is 5.91 Å². The second-order valence-corrected chi connectivity index (χ2v) is 6.95. The van der Waals surface area contributed by atoms with Gasteiger partial charge < -0.3 is 19.5 Å². The average Bonchev–Trinajstić information content (AvgIpc) is 2.67. The first-order valence-electron chi connectivity index (χ1n) is 9.91. The van der Waals surface area contributed by atoms with Gasteiger partial charge in [0, 0.05) is 6.04 Å². The van der Waals surface area contributed by atoms with Crippen LogP contribution in [0, 0.1) is 5.92 Å². The summed E-state index contributed by atoms with van der Waals surface area (Å²) in [5.74, 6) is 0.753. The van der Waals surface area contributed by atoms with Crippen LogP contribution in [0.3, 0.4) is 0 Å². The molecule has 1 aliphatic carbocycles. The van der Waals surface area contributed by atoms with Gasteiger partial charge in [-0.2, -0.15) is 0 Å². The first-order valence-corrected chi connectivity index (χ1v) is 9.91. The van der Waals surface area contributed by atoms with Crippen LogP contribution in [0.4, 0.5) is 0 Å². The van der Waals surface area contributed by atoms with Gasteiger partial charge in [-0.3, -0.25) is 4.79 Å². The van der Waals surface area contributed by atoms with Gasteiger partial charge in [0.15, 0.2) is 18.1 Å². The van der Waals surface area contributed by atoms with E-state index >= 15 is 0 Å². The van der Waals surface area contributed by atoms with Crippen molar-refractivity contribution in [2.75, 3.05) is 19.8 Å². The van der Waals surface area contributed by atoms with Crippen molar-refractivity contribution < 1.29 is 23.8 Å². The van der Waals surface area contributed by atoms with Gasteiger partial charge in [-0.05, 0) is 50.3 Å². The van der Waals surface area contributed by atoms with Crippen molar-refractivity contribution in [3.63, 3.8) is 0 Å². The monoisotopic (exact) mass is 377 g/mol. The molecule has 0 saturated heterocycles. The van der Waals surface area contributed by atoms with Crippen molar-refractivity contribution in [3.8, 4) is 11.5 Å². The number of carbonyl (C=O) groups is 2. The molecule has 0 spiro atoms. The van der Waals surface area contributed by atoms with Crippen LogP contribution < -0.4 is 14.8 Å². The SMILES string of the molecule is CCCOc1ccc(C(=O)OCC(=O)N[C@H]2CCCC[C@H]2C)cc1OCC. The number of esters is 1. The fourth-order valence-electron chi connectivity index (χ4n) is 3.23. The molecule has 1 fully saturated rings. The molecule has 0 heterocycles. The molecule has 1 aliphatic rings. The van der Waals surface area contributed by atoms with E-state index in [1.807, 2.05) is 13.8 Å². The minimum absolute atomic E-state index is 0.171. The summed E-state index contributed by atoms with van der Waals surface area (Å²) in [6.45, 7) is 6.79. The predicted octanol–water partition coefficient (Wildman–Crippen LogP) is 3.73. The van der Waals surface area contributed by atoms with E-state index < -0.39 is 5.97 Å². The largest absolute Gasteiger partial charge is 0.490 e. The lowest BCUT2D eigenvalue weighted by atomic mass is 9.86. The minimum atomic E-state index is -0.551. The molecule has 27 heavy (non-hydrogen) atoms. The third kappa shape index (κ3) is 6.45. The number of amides is 1. The van der Waals surface area contributed by atoms with Crippen LogP contribution in [0.25, 0.3) is 0 Å². The first kappa shape index (κ1) is 21.1. The molecule has 1 aromatic carbocycles. The van der Waals surface area contributed by atoms with E-state index in [1.54, 1.807) is 18.2 Å². The van der Waals surface area contributed by atoms with Crippen molar-refractivity contribution in [1.29, 1.82) is 0 Å². The lowest BCUT2D eigenvalue weighted by Crippen LogP contribution is -2.42. The maximum atomic E-state index is 12.3. The molecule has 1 amide bonds.